The number of aromatic carboxylic acids is 1. The van der Waals surface area contributed by atoms with Gasteiger partial charge in [0.25, 0.3) is 0 Å². The summed E-state index contributed by atoms with van der Waals surface area (Å²) in [4.78, 5) is 19.7. The monoisotopic (exact) mass is 411 g/mol. The average molecular weight is 412 g/mol. The molecule has 0 bridgehead atoms. The number of halogens is 2. The van der Waals surface area contributed by atoms with Crippen molar-refractivity contribution in [2.45, 2.75) is 6.54 Å². The molecule has 4 rings (SSSR count). The van der Waals surface area contributed by atoms with Crippen molar-refractivity contribution < 1.29 is 19.0 Å². The van der Waals surface area contributed by atoms with E-state index in [1.54, 1.807) is 53.2 Å². The van der Waals surface area contributed by atoms with E-state index in [0.717, 1.165) is 0 Å². The third-order valence-corrected chi connectivity index (χ3v) is 4.70. The first-order chi connectivity index (χ1) is 14.0. The maximum Gasteiger partial charge on any atom is 0.352 e. The van der Waals surface area contributed by atoms with Crippen LogP contribution < -0.4 is 4.74 Å². The highest BCUT2D eigenvalue weighted by Gasteiger charge is 2.18. The predicted molar refractivity (Wildman–Crippen MR) is 107 cm³/mol. The van der Waals surface area contributed by atoms with Crippen molar-refractivity contribution in [3.05, 3.63) is 77.6 Å². The van der Waals surface area contributed by atoms with Gasteiger partial charge in [-0.25, -0.2) is 9.78 Å². The van der Waals surface area contributed by atoms with Crippen molar-refractivity contribution >= 4 is 28.5 Å². The van der Waals surface area contributed by atoms with Crippen molar-refractivity contribution in [1.82, 2.24) is 14.5 Å². The minimum absolute atomic E-state index is 0.100. The van der Waals surface area contributed by atoms with E-state index in [-0.39, 0.29) is 12.3 Å². The fraction of sp³-hybridized carbons (Fsp3) is 0.0952. The van der Waals surface area contributed by atoms with E-state index in [9.17, 15) is 14.3 Å². The van der Waals surface area contributed by atoms with E-state index in [1.165, 1.54) is 12.3 Å². The molecule has 0 radical (unpaired) electrons. The zero-order valence-corrected chi connectivity index (χ0v) is 15.8. The predicted octanol–water partition coefficient (Wildman–Crippen LogP) is 4.67. The highest BCUT2D eigenvalue weighted by Crippen LogP contribution is 2.29. The zero-order chi connectivity index (χ0) is 20.4. The number of carbonyl (C=O) groups is 1. The lowest BCUT2D eigenvalue weighted by atomic mass is 10.1. The summed E-state index contributed by atoms with van der Waals surface area (Å²) in [5, 5.41) is 10.9. The van der Waals surface area contributed by atoms with Gasteiger partial charge in [0.2, 0.25) is 5.95 Å². The van der Waals surface area contributed by atoms with Crippen molar-refractivity contribution in [3.8, 4) is 17.0 Å². The molecule has 0 saturated carbocycles. The van der Waals surface area contributed by atoms with E-state index in [4.69, 9.17) is 16.3 Å². The lowest BCUT2D eigenvalue weighted by molar-refractivity contribution is 0.0684. The molecular formula is C21H15ClFN3O3. The summed E-state index contributed by atoms with van der Waals surface area (Å²) in [5.41, 5.74) is 1.78. The van der Waals surface area contributed by atoms with Crippen LogP contribution in [0.1, 0.15) is 10.5 Å². The number of hydrogen-bond acceptors (Lipinski definition) is 4. The number of fused-ring (bicyclic) bond motifs is 1. The number of ether oxygens (including phenoxy) is 1. The molecule has 0 aliphatic carbocycles. The van der Waals surface area contributed by atoms with Crippen LogP contribution in [-0.2, 0) is 6.54 Å². The fourth-order valence-electron chi connectivity index (χ4n) is 3.17. The van der Waals surface area contributed by atoms with Crippen molar-refractivity contribution in [2.24, 2.45) is 0 Å². The van der Waals surface area contributed by atoms with Crippen LogP contribution in [0.15, 0.2) is 60.9 Å². The number of carboxylic acids is 1. The minimum Gasteiger partial charge on any atom is -0.492 e. The van der Waals surface area contributed by atoms with Crippen LogP contribution in [0.5, 0.6) is 5.75 Å². The number of nitrogens with zero attached hydrogens (tertiary/aromatic N) is 3. The second kappa shape index (κ2) is 7.89. The van der Waals surface area contributed by atoms with E-state index >= 15 is 0 Å². The lowest BCUT2D eigenvalue weighted by Crippen LogP contribution is -2.13. The minimum atomic E-state index is -1.07. The summed E-state index contributed by atoms with van der Waals surface area (Å²) in [6.07, 6.45) is 2.92. The molecule has 4 aromatic rings. The average Bonchev–Trinajstić information content (AvgIpc) is 3.08. The van der Waals surface area contributed by atoms with E-state index in [0.29, 0.717) is 39.5 Å². The molecule has 8 heteroatoms. The third-order valence-electron chi connectivity index (χ3n) is 4.45. The van der Waals surface area contributed by atoms with E-state index in [1.807, 2.05) is 0 Å². The molecule has 3 heterocycles. The Balaban J connectivity index is 1.69. The molecule has 0 fully saturated rings. The Kier molecular flexibility index (Phi) is 5.14. The largest absolute Gasteiger partial charge is 0.492 e. The molecule has 0 aliphatic heterocycles. The molecule has 0 unspecified atom stereocenters. The summed E-state index contributed by atoms with van der Waals surface area (Å²) in [5.74, 6) is -1.06. The Morgan fingerprint density at radius 1 is 1.10 bits per heavy atom. The van der Waals surface area contributed by atoms with Crippen LogP contribution in [0.4, 0.5) is 4.39 Å². The highest BCUT2D eigenvalue weighted by atomic mass is 35.5. The molecule has 6 nitrogen and oxygen atoms in total. The van der Waals surface area contributed by atoms with Crippen LogP contribution in [-0.4, -0.2) is 32.2 Å². The van der Waals surface area contributed by atoms with Gasteiger partial charge < -0.3 is 14.4 Å². The first-order valence-electron chi connectivity index (χ1n) is 8.75. The molecule has 0 spiro atoms. The Hall–Kier alpha value is -3.45. The van der Waals surface area contributed by atoms with Gasteiger partial charge in [-0.3, -0.25) is 4.98 Å². The number of rotatable bonds is 6. The number of benzene rings is 1. The van der Waals surface area contributed by atoms with E-state index < -0.39 is 11.9 Å². The normalized spacial score (nSPS) is 11.0. The Morgan fingerprint density at radius 2 is 1.86 bits per heavy atom. The molecule has 0 amide bonds. The van der Waals surface area contributed by atoms with Crippen molar-refractivity contribution in [3.63, 3.8) is 0 Å². The summed E-state index contributed by atoms with van der Waals surface area (Å²) < 4.78 is 20.9. The van der Waals surface area contributed by atoms with Crippen LogP contribution >= 0.6 is 11.6 Å². The Labute approximate surface area is 170 Å². The summed E-state index contributed by atoms with van der Waals surface area (Å²) in [6, 6.07) is 13.1. The topological polar surface area (TPSA) is 77.2 Å². The maximum absolute atomic E-state index is 13.6. The Bertz CT molecular complexity index is 1190. The second-order valence-electron chi connectivity index (χ2n) is 6.25. The van der Waals surface area contributed by atoms with Gasteiger partial charge in [-0.05, 0) is 42.5 Å². The molecule has 0 saturated heterocycles. The van der Waals surface area contributed by atoms with Gasteiger partial charge in [-0.1, -0.05) is 11.6 Å². The van der Waals surface area contributed by atoms with Gasteiger partial charge in [-0.2, -0.15) is 4.39 Å². The van der Waals surface area contributed by atoms with Gasteiger partial charge in [-0.15, -0.1) is 0 Å². The van der Waals surface area contributed by atoms with Gasteiger partial charge in [0.1, 0.15) is 18.1 Å². The standard InChI is InChI=1S/C21H15ClFN3O3/c22-14-1-3-15(4-2-14)29-10-9-26-17-6-8-25-20(13-5-7-24-19(23)11-13)16(17)12-18(26)21(27)28/h1-8,11-12H,9-10H2,(H,27,28). The SMILES string of the molecule is O=C(O)c1cc2c(-c3ccnc(F)c3)nccc2n1CCOc1ccc(Cl)cc1. The quantitative estimate of drug-likeness (QED) is 0.466. The van der Waals surface area contributed by atoms with Gasteiger partial charge in [0.15, 0.2) is 0 Å². The van der Waals surface area contributed by atoms with Gasteiger partial charge >= 0.3 is 5.97 Å². The van der Waals surface area contributed by atoms with Crippen LogP contribution in [0.25, 0.3) is 22.2 Å². The Morgan fingerprint density at radius 3 is 2.59 bits per heavy atom. The number of hydrogen-bond donors (Lipinski definition) is 1. The molecular weight excluding hydrogens is 397 g/mol. The van der Waals surface area contributed by atoms with Gasteiger partial charge in [0, 0.05) is 34.4 Å². The van der Waals surface area contributed by atoms with Crippen LogP contribution in [0.3, 0.4) is 0 Å². The summed E-state index contributed by atoms with van der Waals surface area (Å²) >= 11 is 5.86. The van der Waals surface area contributed by atoms with Crippen molar-refractivity contribution in [1.29, 1.82) is 0 Å². The molecule has 1 N–H and O–H groups in total. The van der Waals surface area contributed by atoms with Crippen molar-refractivity contribution in [2.75, 3.05) is 6.61 Å². The summed E-state index contributed by atoms with van der Waals surface area (Å²) in [6.45, 7) is 0.565. The number of aromatic nitrogens is 3. The zero-order valence-electron chi connectivity index (χ0n) is 15.0. The third kappa shape index (κ3) is 3.90. The number of carboxylic acid groups (broad SMARTS) is 1. The molecule has 0 atom stereocenters. The fourth-order valence-corrected chi connectivity index (χ4v) is 3.29. The second-order valence-corrected chi connectivity index (χ2v) is 6.68. The molecule has 0 aliphatic rings. The highest BCUT2D eigenvalue weighted by molar-refractivity contribution is 6.30. The van der Waals surface area contributed by atoms with Crippen LogP contribution in [0, 0.1) is 5.95 Å². The molecule has 1 aromatic carbocycles. The maximum atomic E-state index is 13.6. The summed E-state index contributed by atoms with van der Waals surface area (Å²) in [7, 11) is 0. The molecule has 29 heavy (non-hydrogen) atoms. The smallest absolute Gasteiger partial charge is 0.352 e. The molecule has 3 aromatic heterocycles. The number of pyridine rings is 2. The van der Waals surface area contributed by atoms with Crippen LogP contribution in [0.2, 0.25) is 5.02 Å². The molecule has 146 valence electrons. The lowest BCUT2D eigenvalue weighted by Gasteiger charge is -2.11. The first-order valence-corrected chi connectivity index (χ1v) is 9.12. The first kappa shape index (κ1) is 18.9. The van der Waals surface area contributed by atoms with E-state index in [2.05, 4.69) is 9.97 Å². The van der Waals surface area contributed by atoms with Gasteiger partial charge in [0.05, 0.1) is 17.8 Å².